The van der Waals surface area contributed by atoms with Crippen molar-refractivity contribution in [3.8, 4) is 5.88 Å². The van der Waals surface area contributed by atoms with E-state index in [2.05, 4.69) is 15.2 Å². The molecule has 0 aliphatic heterocycles. The molecule has 0 unspecified atom stereocenters. The van der Waals surface area contributed by atoms with Gasteiger partial charge in [-0.2, -0.15) is 4.98 Å². The lowest BCUT2D eigenvalue weighted by Crippen LogP contribution is -2.28. The molecule has 0 aliphatic carbocycles. The smallest absolute Gasteiger partial charge is 0.311 e. The number of pyridine rings is 1. The summed E-state index contributed by atoms with van der Waals surface area (Å²) in [4.78, 5) is 16.6. The Bertz CT molecular complexity index is 441. The molecule has 0 aliphatic rings. The van der Waals surface area contributed by atoms with Crippen LogP contribution in [0.25, 0.3) is 0 Å². The van der Waals surface area contributed by atoms with Gasteiger partial charge in [-0.3, -0.25) is 10.1 Å². The average molecular weight is 284 g/mol. The van der Waals surface area contributed by atoms with Gasteiger partial charge in [0.1, 0.15) is 0 Å². The van der Waals surface area contributed by atoms with Crippen molar-refractivity contribution in [2.45, 2.75) is 0 Å². The number of nitro groups is 1. The van der Waals surface area contributed by atoms with Gasteiger partial charge in [-0.1, -0.05) is 0 Å². The monoisotopic (exact) mass is 284 g/mol. The van der Waals surface area contributed by atoms with Crippen LogP contribution in [-0.4, -0.2) is 62.3 Å². The minimum atomic E-state index is -0.469. The molecule has 0 aromatic carbocycles. The molecule has 1 rings (SSSR count). The largest absolute Gasteiger partial charge is 0.481 e. The first-order valence-corrected chi connectivity index (χ1v) is 6.19. The van der Waals surface area contributed by atoms with E-state index >= 15 is 0 Å². The van der Waals surface area contributed by atoms with Gasteiger partial charge in [0, 0.05) is 38.9 Å². The SMILES string of the molecule is COCCN(C)CCNc1nc(OC)ccc1[N+](=O)[O-]. The lowest BCUT2D eigenvalue weighted by molar-refractivity contribution is -0.384. The molecule has 0 saturated carbocycles. The Hall–Kier alpha value is -1.93. The molecular formula is C12H20N4O4. The van der Waals surface area contributed by atoms with Crippen LogP contribution in [-0.2, 0) is 4.74 Å². The van der Waals surface area contributed by atoms with E-state index in [4.69, 9.17) is 9.47 Å². The highest BCUT2D eigenvalue weighted by molar-refractivity contribution is 5.56. The molecule has 0 amide bonds. The van der Waals surface area contributed by atoms with Crippen LogP contribution >= 0.6 is 0 Å². The van der Waals surface area contributed by atoms with Crippen molar-refractivity contribution in [3.05, 3.63) is 22.2 Å². The van der Waals surface area contributed by atoms with Gasteiger partial charge >= 0.3 is 5.69 Å². The Kier molecular flexibility index (Phi) is 6.68. The van der Waals surface area contributed by atoms with Gasteiger partial charge < -0.3 is 19.7 Å². The highest BCUT2D eigenvalue weighted by atomic mass is 16.6. The Morgan fingerprint density at radius 2 is 2.15 bits per heavy atom. The van der Waals surface area contributed by atoms with Crippen LogP contribution in [0.4, 0.5) is 11.5 Å². The molecule has 20 heavy (non-hydrogen) atoms. The molecule has 1 heterocycles. The van der Waals surface area contributed by atoms with E-state index in [9.17, 15) is 10.1 Å². The van der Waals surface area contributed by atoms with Crippen LogP contribution in [0.3, 0.4) is 0 Å². The van der Waals surface area contributed by atoms with E-state index < -0.39 is 4.92 Å². The quantitative estimate of drug-likeness (QED) is 0.534. The number of hydrogen-bond acceptors (Lipinski definition) is 7. The second kappa shape index (κ2) is 8.28. The van der Waals surface area contributed by atoms with Gasteiger partial charge in [0.25, 0.3) is 0 Å². The maximum atomic E-state index is 10.9. The van der Waals surface area contributed by atoms with Crippen LogP contribution < -0.4 is 10.1 Å². The van der Waals surface area contributed by atoms with Gasteiger partial charge in [-0.05, 0) is 7.05 Å². The highest BCUT2D eigenvalue weighted by Gasteiger charge is 2.16. The molecule has 8 heteroatoms. The Morgan fingerprint density at radius 1 is 1.40 bits per heavy atom. The van der Waals surface area contributed by atoms with Crippen molar-refractivity contribution in [1.29, 1.82) is 0 Å². The molecule has 0 saturated heterocycles. The number of methoxy groups -OCH3 is 2. The lowest BCUT2D eigenvalue weighted by atomic mass is 10.3. The van der Waals surface area contributed by atoms with Gasteiger partial charge in [0.05, 0.1) is 18.6 Å². The number of hydrogen-bond donors (Lipinski definition) is 1. The molecule has 8 nitrogen and oxygen atoms in total. The van der Waals surface area contributed by atoms with Crippen molar-refractivity contribution in [2.24, 2.45) is 0 Å². The number of nitrogens with zero attached hydrogens (tertiary/aromatic N) is 3. The summed E-state index contributed by atoms with van der Waals surface area (Å²) in [5.74, 6) is 0.556. The normalized spacial score (nSPS) is 10.6. The number of likely N-dealkylation sites (N-methyl/N-ethyl adjacent to an activating group) is 1. The van der Waals surface area contributed by atoms with Gasteiger partial charge in [0.15, 0.2) is 0 Å². The van der Waals surface area contributed by atoms with Crippen molar-refractivity contribution in [3.63, 3.8) is 0 Å². The molecule has 0 radical (unpaired) electrons. The molecule has 1 aromatic rings. The number of ether oxygens (including phenoxy) is 2. The molecule has 1 aromatic heterocycles. The maximum Gasteiger partial charge on any atom is 0.311 e. The average Bonchev–Trinajstić information content (AvgIpc) is 2.44. The molecule has 1 N–H and O–H groups in total. The van der Waals surface area contributed by atoms with Crippen LogP contribution in [0.5, 0.6) is 5.88 Å². The topological polar surface area (TPSA) is 89.8 Å². The first-order chi connectivity index (χ1) is 9.58. The Balaban J connectivity index is 2.59. The summed E-state index contributed by atoms with van der Waals surface area (Å²) in [5.41, 5.74) is -0.0645. The summed E-state index contributed by atoms with van der Waals surface area (Å²) < 4.78 is 9.95. The first-order valence-electron chi connectivity index (χ1n) is 6.19. The fourth-order valence-corrected chi connectivity index (χ4v) is 1.55. The van der Waals surface area contributed by atoms with E-state index in [0.717, 1.165) is 13.1 Å². The highest BCUT2D eigenvalue weighted by Crippen LogP contribution is 2.24. The summed E-state index contributed by atoms with van der Waals surface area (Å²) in [6.45, 7) is 2.71. The molecule has 0 spiro atoms. The van der Waals surface area contributed by atoms with E-state index in [0.29, 0.717) is 19.0 Å². The van der Waals surface area contributed by atoms with Crippen LogP contribution in [0, 0.1) is 10.1 Å². The standard InChI is InChI=1S/C12H20N4O4/c1-15(8-9-19-2)7-6-13-12-10(16(17)18)4-5-11(14-12)20-3/h4-5H,6-9H2,1-3H3,(H,13,14). The van der Waals surface area contributed by atoms with Crippen LogP contribution in [0.15, 0.2) is 12.1 Å². The summed E-state index contributed by atoms with van der Waals surface area (Å²) >= 11 is 0. The number of nitrogens with one attached hydrogen (secondary N) is 1. The number of anilines is 1. The van der Waals surface area contributed by atoms with Crippen LogP contribution in [0.2, 0.25) is 0 Å². The second-order valence-corrected chi connectivity index (χ2v) is 4.20. The number of rotatable bonds is 9. The van der Waals surface area contributed by atoms with E-state index in [1.165, 1.54) is 19.2 Å². The fraction of sp³-hybridized carbons (Fsp3) is 0.583. The van der Waals surface area contributed by atoms with Crippen molar-refractivity contribution < 1.29 is 14.4 Å². The maximum absolute atomic E-state index is 10.9. The third-order valence-electron chi connectivity index (χ3n) is 2.72. The molecule has 0 atom stereocenters. The van der Waals surface area contributed by atoms with E-state index in [-0.39, 0.29) is 11.5 Å². The first kappa shape index (κ1) is 16.1. The van der Waals surface area contributed by atoms with Crippen LogP contribution in [0.1, 0.15) is 0 Å². The summed E-state index contributed by atoms with van der Waals surface area (Å²) in [6.07, 6.45) is 0. The van der Waals surface area contributed by atoms with Gasteiger partial charge in [0.2, 0.25) is 11.7 Å². The van der Waals surface area contributed by atoms with Gasteiger partial charge in [-0.15, -0.1) is 0 Å². The van der Waals surface area contributed by atoms with Gasteiger partial charge in [-0.25, -0.2) is 0 Å². The molecule has 0 fully saturated rings. The summed E-state index contributed by atoms with van der Waals surface area (Å²) in [7, 11) is 5.07. The Morgan fingerprint density at radius 3 is 2.75 bits per heavy atom. The molecule has 0 bridgehead atoms. The zero-order valence-corrected chi connectivity index (χ0v) is 12.0. The van der Waals surface area contributed by atoms with E-state index in [1.54, 1.807) is 7.11 Å². The minimum Gasteiger partial charge on any atom is -0.481 e. The van der Waals surface area contributed by atoms with E-state index in [1.807, 2.05) is 7.05 Å². The summed E-state index contributed by atoms with van der Waals surface area (Å²) in [6, 6.07) is 2.84. The lowest BCUT2D eigenvalue weighted by Gasteiger charge is -2.16. The zero-order valence-electron chi connectivity index (χ0n) is 12.0. The minimum absolute atomic E-state index is 0.0645. The fourth-order valence-electron chi connectivity index (χ4n) is 1.55. The van der Waals surface area contributed by atoms with Crippen molar-refractivity contribution in [1.82, 2.24) is 9.88 Å². The molecule has 112 valence electrons. The Labute approximate surface area is 117 Å². The summed E-state index contributed by atoms with van der Waals surface area (Å²) in [5, 5.41) is 13.9. The zero-order chi connectivity index (χ0) is 15.0. The number of aromatic nitrogens is 1. The molecular weight excluding hydrogens is 264 g/mol. The predicted octanol–water partition coefficient (Wildman–Crippen LogP) is 0.988. The predicted molar refractivity (Wildman–Crippen MR) is 75.3 cm³/mol. The van der Waals surface area contributed by atoms with Crippen molar-refractivity contribution >= 4 is 11.5 Å². The third-order valence-corrected chi connectivity index (χ3v) is 2.72. The van der Waals surface area contributed by atoms with Crippen molar-refractivity contribution in [2.75, 3.05) is 52.8 Å². The third kappa shape index (κ3) is 4.98. The second-order valence-electron chi connectivity index (χ2n) is 4.20.